The lowest BCUT2D eigenvalue weighted by atomic mass is 10.3. The summed E-state index contributed by atoms with van der Waals surface area (Å²) < 4.78 is 27.2. The van der Waals surface area contributed by atoms with E-state index in [1.165, 1.54) is 12.3 Å². The normalized spacial score (nSPS) is 11.2. The van der Waals surface area contributed by atoms with Gasteiger partial charge in [0.05, 0.1) is 0 Å². The van der Waals surface area contributed by atoms with E-state index in [4.69, 9.17) is 17.3 Å². The number of rotatable bonds is 6. The zero-order chi connectivity index (χ0) is 17.7. The SMILES string of the molecule is Nc1ncc(Br)cc1S(=O)(=O)NCCC(=O)Nc1ccc(Cl)cc1. The van der Waals surface area contributed by atoms with Crippen LogP contribution in [-0.2, 0) is 14.8 Å². The summed E-state index contributed by atoms with van der Waals surface area (Å²) in [6.45, 7) is -0.0757. The van der Waals surface area contributed by atoms with Gasteiger partial charge in [0, 0.05) is 34.3 Å². The van der Waals surface area contributed by atoms with Crippen LogP contribution in [0.25, 0.3) is 0 Å². The van der Waals surface area contributed by atoms with Crippen molar-refractivity contribution in [3.8, 4) is 0 Å². The molecule has 0 spiro atoms. The van der Waals surface area contributed by atoms with Crippen molar-refractivity contribution < 1.29 is 13.2 Å². The zero-order valence-electron chi connectivity index (χ0n) is 12.3. The number of aromatic nitrogens is 1. The van der Waals surface area contributed by atoms with Crippen molar-refractivity contribution in [2.75, 3.05) is 17.6 Å². The topological polar surface area (TPSA) is 114 Å². The minimum absolute atomic E-state index is 0.0385. The van der Waals surface area contributed by atoms with Gasteiger partial charge in [-0.2, -0.15) is 0 Å². The summed E-state index contributed by atoms with van der Waals surface area (Å²) in [5.41, 5.74) is 6.16. The Morgan fingerprint density at radius 1 is 1.29 bits per heavy atom. The van der Waals surface area contributed by atoms with Crippen LogP contribution in [0.15, 0.2) is 45.9 Å². The molecule has 10 heteroatoms. The number of nitrogens with zero attached hydrogens (tertiary/aromatic N) is 1. The fourth-order valence-corrected chi connectivity index (χ4v) is 3.53. The molecule has 0 aliphatic heterocycles. The van der Waals surface area contributed by atoms with Crippen LogP contribution in [0, 0.1) is 0 Å². The fraction of sp³-hybridized carbons (Fsp3) is 0.143. The van der Waals surface area contributed by atoms with E-state index >= 15 is 0 Å². The maximum absolute atomic E-state index is 12.2. The van der Waals surface area contributed by atoms with Crippen LogP contribution in [0.3, 0.4) is 0 Å². The van der Waals surface area contributed by atoms with E-state index in [0.717, 1.165) is 0 Å². The van der Waals surface area contributed by atoms with Crippen molar-refractivity contribution in [3.05, 3.63) is 46.0 Å². The van der Waals surface area contributed by atoms with Gasteiger partial charge in [-0.1, -0.05) is 11.6 Å². The molecule has 0 fully saturated rings. The summed E-state index contributed by atoms with van der Waals surface area (Å²) in [5.74, 6) is -0.448. The quantitative estimate of drug-likeness (QED) is 0.647. The van der Waals surface area contributed by atoms with Gasteiger partial charge in [-0.3, -0.25) is 4.79 Å². The molecule has 0 aliphatic carbocycles. The highest BCUT2D eigenvalue weighted by molar-refractivity contribution is 9.10. The predicted octanol–water partition coefficient (Wildman–Crippen LogP) is 2.39. The van der Waals surface area contributed by atoms with Crippen molar-refractivity contribution in [2.45, 2.75) is 11.3 Å². The van der Waals surface area contributed by atoms with Crippen LogP contribution in [0.5, 0.6) is 0 Å². The van der Waals surface area contributed by atoms with Gasteiger partial charge in [-0.05, 0) is 46.3 Å². The van der Waals surface area contributed by atoms with E-state index < -0.39 is 10.0 Å². The molecule has 0 aliphatic rings. The highest BCUT2D eigenvalue weighted by Crippen LogP contribution is 2.20. The van der Waals surface area contributed by atoms with Crippen molar-refractivity contribution in [3.63, 3.8) is 0 Å². The smallest absolute Gasteiger partial charge is 0.244 e. The summed E-state index contributed by atoms with van der Waals surface area (Å²) in [6, 6.07) is 7.93. The summed E-state index contributed by atoms with van der Waals surface area (Å²) in [4.78, 5) is 15.4. The van der Waals surface area contributed by atoms with E-state index in [9.17, 15) is 13.2 Å². The Bertz CT molecular complexity index is 844. The number of halogens is 2. The molecule has 0 atom stereocenters. The molecule has 4 N–H and O–H groups in total. The average Bonchev–Trinajstić information content (AvgIpc) is 2.51. The molecule has 0 radical (unpaired) electrons. The van der Waals surface area contributed by atoms with Crippen LogP contribution in [0.4, 0.5) is 11.5 Å². The molecule has 0 saturated carbocycles. The van der Waals surface area contributed by atoms with Gasteiger partial charge in [-0.25, -0.2) is 18.1 Å². The standard InChI is InChI=1S/C14H14BrClN4O3S/c15-9-7-12(14(17)18-8-9)24(22,23)19-6-5-13(21)20-11-3-1-10(16)2-4-11/h1-4,7-8,19H,5-6H2,(H2,17,18)(H,20,21). The van der Waals surface area contributed by atoms with Crippen LogP contribution >= 0.6 is 27.5 Å². The summed E-state index contributed by atoms with van der Waals surface area (Å²) in [7, 11) is -3.85. The number of nitrogens with two attached hydrogens (primary N) is 1. The van der Waals surface area contributed by atoms with Crippen LogP contribution in [0.1, 0.15) is 6.42 Å². The third-order valence-corrected chi connectivity index (χ3v) is 5.09. The highest BCUT2D eigenvalue weighted by atomic mass is 79.9. The Morgan fingerprint density at radius 2 is 1.96 bits per heavy atom. The second kappa shape index (κ2) is 7.93. The van der Waals surface area contributed by atoms with Crippen LogP contribution in [0.2, 0.25) is 5.02 Å². The number of anilines is 2. The van der Waals surface area contributed by atoms with Crippen molar-refractivity contribution in [1.82, 2.24) is 9.71 Å². The van der Waals surface area contributed by atoms with Gasteiger partial charge >= 0.3 is 0 Å². The van der Waals surface area contributed by atoms with E-state index in [1.807, 2.05) is 0 Å². The molecule has 1 aromatic carbocycles. The third-order valence-electron chi connectivity index (χ3n) is 2.91. The fourth-order valence-electron chi connectivity index (χ4n) is 1.78. The molecule has 1 heterocycles. The number of hydrogen-bond acceptors (Lipinski definition) is 5. The molecular formula is C14H14BrClN4O3S. The van der Waals surface area contributed by atoms with E-state index in [-0.39, 0.29) is 29.6 Å². The van der Waals surface area contributed by atoms with Crippen molar-refractivity contribution in [2.24, 2.45) is 0 Å². The Labute approximate surface area is 152 Å². The molecule has 0 unspecified atom stereocenters. The monoisotopic (exact) mass is 432 g/mol. The van der Waals surface area contributed by atoms with E-state index in [2.05, 4.69) is 31.0 Å². The largest absolute Gasteiger partial charge is 0.383 e. The molecule has 0 saturated heterocycles. The van der Waals surface area contributed by atoms with Gasteiger partial charge in [-0.15, -0.1) is 0 Å². The molecule has 24 heavy (non-hydrogen) atoms. The molecule has 1 aromatic heterocycles. The summed E-state index contributed by atoms with van der Waals surface area (Å²) >= 11 is 8.89. The van der Waals surface area contributed by atoms with Crippen molar-refractivity contribution in [1.29, 1.82) is 0 Å². The van der Waals surface area contributed by atoms with Gasteiger partial charge in [0.25, 0.3) is 0 Å². The first-order valence-corrected chi connectivity index (χ1v) is 9.39. The van der Waals surface area contributed by atoms with Crippen LogP contribution in [-0.4, -0.2) is 25.9 Å². The lowest BCUT2D eigenvalue weighted by molar-refractivity contribution is -0.116. The highest BCUT2D eigenvalue weighted by Gasteiger charge is 2.19. The predicted molar refractivity (Wildman–Crippen MR) is 96.2 cm³/mol. The van der Waals surface area contributed by atoms with Gasteiger partial charge < -0.3 is 11.1 Å². The second-order valence-electron chi connectivity index (χ2n) is 4.74. The number of nitrogen functional groups attached to an aromatic ring is 1. The maximum Gasteiger partial charge on any atom is 0.244 e. The lowest BCUT2D eigenvalue weighted by Gasteiger charge is -2.09. The minimum atomic E-state index is -3.85. The first-order chi connectivity index (χ1) is 11.3. The van der Waals surface area contributed by atoms with E-state index in [1.54, 1.807) is 24.3 Å². The molecular weight excluding hydrogens is 420 g/mol. The first kappa shape index (κ1) is 18.7. The van der Waals surface area contributed by atoms with Gasteiger partial charge in [0.1, 0.15) is 10.7 Å². The Morgan fingerprint density at radius 3 is 2.62 bits per heavy atom. The Hall–Kier alpha value is -1.68. The first-order valence-electron chi connectivity index (χ1n) is 6.74. The van der Waals surface area contributed by atoms with E-state index in [0.29, 0.717) is 15.2 Å². The minimum Gasteiger partial charge on any atom is -0.383 e. The molecule has 0 bridgehead atoms. The number of benzene rings is 1. The second-order valence-corrected chi connectivity index (χ2v) is 7.83. The third kappa shape index (κ3) is 5.17. The number of sulfonamides is 1. The lowest BCUT2D eigenvalue weighted by Crippen LogP contribution is -2.28. The number of hydrogen-bond donors (Lipinski definition) is 3. The molecule has 7 nitrogen and oxygen atoms in total. The number of carbonyl (C=O) groups is 1. The Balaban J connectivity index is 1.91. The summed E-state index contributed by atoms with van der Waals surface area (Å²) in [5, 5.41) is 3.20. The van der Waals surface area contributed by atoms with Gasteiger partial charge in [0.15, 0.2) is 0 Å². The van der Waals surface area contributed by atoms with Crippen LogP contribution < -0.4 is 15.8 Å². The van der Waals surface area contributed by atoms with Gasteiger partial charge in [0.2, 0.25) is 15.9 Å². The molecule has 1 amide bonds. The average molecular weight is 434 g/mol. The number of carbonyl (C=O) groups excluding carboxylic acids is 1. The maximum atomic E-state index is 12.2. The molecule has 2 rings (SSSR count). The molecule has 128 valence electrons. The van der Waals surface area contributed by atoms with Crippen molar-refractivity contribution >= 4 is 55.0 Å². The zero-order valence-corrected chi connectivity index (χ0v) is 15.5. The molecule has 2 aromatic rings. The summed E-state index contributed by atoms with van der Waals surface area (Å²) in [6.07, 6.45) is 1.36. The number of amides is 1. The number of nitrogens with one attached hydrogen (secondary N) is 2. The Kier molecular flexibility index (Phi) is 6.16. The number of pyridine rings is 1.